The predicted molar refractivity (Wildman–Crippen MR) is 138 cm³/mol. The highest BCUT2D eigenvalue weighted by Crippen LogP contribution is 2.36. The summed E-state index contributed by atoms with van der Waals surface area (Å²) in [5.41, 5.74) is -0.00989. The molecule has 2 aromatic rings. The lowest BCUT2D eigenvalue weighted by atomic mass is 9.79. The number of nitrogens with zero attached hydrogens (tertiary/aromatic N) is 2. The zero-order valence-corrected chi connectivity index (χ0v) is 24.0. The molecule has 34 heavy (non-hydrogen) atoms. The van der Waals surface area contributed by atoms with Crippen molar-refractivity contribution in [3.63, 3.8) is 0 Å². The predicted octanol–water partition coefficient (Wildman–Crippen LogP) is 2.94. The van der Waals surface area contributed by atoms with Crippen molar-refractivity contribution in [3.05, 3.63) is 53.0 Å². The summed E-state index contributed by atoms with van der Waals surface area (Å²) >= 11 is 3.24. The third-order valence-corrected chi connectivity index (χ3v) is 9.96. The Balaban J connectivity index is 0.000000270. The lowest BCUT2D eigenvalue weighted by Crippen LogP contribution is -2.41. The molecule has 0 N–H and O–H groups in total. The lowest BCUT2D eigenvalue weighted by Gasteiger charge is -2.32. The molecule has 0 saturated carbocycles. The van der Waals surface area contributed by atoms with Crippen molar-refractivity contribution in [2.24, 2.45) is 0 Å². The lowest BCUT2D eigenvalue weighted by molar-refractivity contribution is 0.00578. The molecule has 3 rings (SSSR count). The summed E-state index contributed by atoms with van der Waals surface area (Å²) in [6.45, 7) is 7.94. The van der Waals surface area contributed by atoms with E-state index < -0.39 is 38.4 Å². The van der Waals surface area contributed by atoms with E-state index in [2.05, 4.69) is 15.9 Å². The molecule has 188 valence electrons. The van der Waals surface area contributed by atoms with E-state index in [-0.39, 0.29) is 4.90 Å². The molecule has 0 atom stereocenters. The highest BCUT2D eigenvalue weighted by Gasteiger charge is 2.51. The molecule has 1 aliphatic rings. The topological polar surface area (TPSA) is 93.2 Å². The third-order valence-electron chi connectivity index (χ3n) is 5.78. The molecule has 1 heterocycles. The highest BCUT2D eigenvalue weighted by atomic mass is 79.9. The Morgan fingerprint density at radius 1 is 0.676 bits per heavy atom. The van der Waals surface area contributed by atoms with E-state index in [9.17, 15) is 16.8 Å². The molecule has 0 radical (unpaired) electrons. The maximum Gasteiger partial charge on any atom is 0.494 e. The number of hydrogen-bond acceptors (Lipinski definition) is 6. The fourth-order valence-electron chi connectivity index (χ4n) is 2.80. The van der Waals surface area contributed by atoms with E-state index in [0.29, 0.717) is 4.90 Å². The van der Waals surface area contributed by atoms with Crippen molar-refractivity contribution < 1.29 is 26.1 Å². The Kier molecular flexibility index (Phi) is 8.84. The van der Waals surface area contributed by atoms with Crippen LogP contribution < -0.4 is 5.46 Å². The monoisotopic (exact) mass is 574 g/mol. The van der Waals surface area contributed by atoms with Gasteiger partial charge in [0, 0.05) is 32.7 Å². The molecule has 0 spiro atoms. The summed E-state index contributed by atoms with van der Waals surface area (Å²) in [5.74, 6) is 0. The number of hydrogen-bond donors (Lipinski definition) is 0. The summed E-state index contributed by atoms with van der Waals surface area (Å²) in [6, 6.07) is 13.2. The molecule has 12 heteroatoms. The molecular weight excluding hydrogens is 543 g/mol. The van der Waals surface area contributed by atoms with E-state index >= 15 is 0 Å². The van der Waals surface area contributed by atoms with Gasteiger partial charge in [0.2, 0.25) is 20.0 Å². The molecule has 0 aliphatic carbocycles. The van der Waals surface area contributed by atoms with Gasteiger partial charge in [-0.05, 0) is 69.6 Å². The Hall–Kier alpha value is -1.28. The minimum atomic E-state index is -3.41. The average Bonchev–Trinajstić information content (AvgIpc) is 2.95. The van der Waals surface area contributed by atoms with Gasteiger partial charge in [-0.25, -0.2) is 25.4 Å². The van der Waals surface area contributed by atoms with Gasteiger partial charge in [0.25, 0.3) is 0 Å². The van der Waals surface area contributed by atoms with Crippen LogP contribution >= 0.6 is 15.9 Å². The standard InChI is InChI=1S/C14H22BNO4S.C8H10BrNO2S/c1-13(2)14(3,4)20-15(19-13)11-7-9-12(10-8-11)21(17,18)16(5)6;1-10(2)13(11,12)8-5-3-7(9)4-6-8/h7-10H,1-6H3;3-6H,1-2H3. The van der Waals surface area contributed by atoms with Gasteiger partial charge in [-0.15, -0.1) is 0 Å². The third kappa shape index (κ3) is 6.28. The zero-order chi connectivity index (χ0) is 26.1. The van der Waals surface area contributed by atoms with Crippen molar-refractivity contribution in [2.75, 3.05) is 28.2 Å². The van der Waals surface area contributed by atoms with Crippen LogP contribution in [-0.2, 0) is 29.4 Å². The van der Waals surface area contributed by atoms with Crippen LogP contribution in [0.4, 0.5) is 0 Å². The van der Waals surface area contributed by atoms with Crippen LogP contribution in [-0.4, -0.2) is 72.0 Å². The first kappa shape index (κ1) is 29.0. The summed E-state index contributed by atoms with van der Waals surface area (Å²) in [5, 5.41) is 0. The summed E-state index contributed by atoms with van der Waals surface area (Å²) < 4.78 is 62.3. The van der Waals surface area contributed by atoms with E-state index in [1.807, 2.05) is 27.7 Å². The van der Waals surface area contributed by atoms with Gasteiger partial charge in [-0.3, -0.25) is 0 Å². The largest absolute Gasteiger partial charge is 0.494 e. The maximum absolute atomic E-state index is 12.0. The van der Waals surface area contributed by atoms with Crippen molar-refractivity contribution >= 4 is 48.6 Å². The molecule has 2 aromatic carbocycles. The summed E-state index contributed by atoms with van der Waals surface area (Å²) in [4.78, 5) is 0.563. The number of halogens is 1. The molecule has 1 saturated heterocycles. The Morgan fingerprint density at radius 3 is 1.32 bits per heavy atom. The summed E-state index contributed by atoms with van der Waals surface area (Å²) in [7, 11) is -1.13. The average molecular weight is 575 g/mol. The van der Waals surface area contributed by atoms with E-state index in [4.69, 9.17) is 9.31 Å². The number of benzene rings is 2. The van der Waals surface area contributed by atoms with Crippen molar-refractivity contribution in [1.82, 2.24) is 8.61 Å². The van der Waals surface area contributed by atoms with Gasteiger partial charge in [-0.2, -0.15) is 0 Å². The molecule has 8 nitrogen and oxygen atoms in total. The zero-order valence-electron chi connectivity index (χ0n) is 20.7. The van der Waals surface area contributed by atoms with Crippen LogP contribution in [0.5, 0.6) is 0 Å². The van der Waals surface area contributed by atoms with Crippen LogP contribution in [0.25, 0.3) is 0 Å². The van der Waals surface area contributed by atoms with E-state index in [0.717, 1.165) is 9.94 Å². The van der Waals surface area contributed by atoms with Gasteiger partial charge in [0.05, 0.1) is 21.0 Å². The normalized spacial score (nSPS) is 17.6. The quantitative estimate of drug-likeness (QED) is 0.510. The Labute approximate surface area is 212 Å². The molecular formula is C22H32BBrN2O6S2. The molecule has 0 aromatic heterocycles. The highest BCUT2D eigenvalue weighted by molar-refractivity contribution is 9.10. The van der Waals surface area contributed by atoms with Crippen LogP contribution in [0, 0.1) is 0 Å². The number of sulfonamides is 2. The fraction of sp³-hybridized carbons (Fsp3) is 0.455. The second-order valence-corrected chi connectivity index (χ2v) is 14.4. The molecule has 0 unspecified atom stereocenters. The molecule has 1 fully saturated rings. The van der Waals surface area contributed by atoms with Crippen molar-refractivity contribution in [2.45, 2.75) is 48.7 Å². The number of rotatable bonds is 5. The van der Waals surface area contributed by atoms with Gasteiger partial charge < -0.3 is 9.31 Å². The minimum absolute atomic E-state index is 0.257. The van der Waals surface area contributed by atoms with Gasteiger partial charge in [-0.1, -0.05) is 28.1 Å². The minimum Gasteiger partial charge on any atom is -0.399 e. The van der Waals surface area contributed by atoms with Crippen LogP contribution in [0.1, 0.15) is 27.7 Å². The maximum atomic E-state index is 12.0. The first-order valence-electron chi connectivity index (χ1n) is 10.5. The first-order chi connectivity index (χ1) is 15.4. The molecule has 0 amide bonds. The van der Waals surface area contributed by atoms with Gasteiger partial charge >= 0.3 is 7.12 Å². The Morgan fingerprint density at radius 2 is 1.00 bits per heavy atom. The molecule has 0 bridgehead atoms. The SMILES string of the molecule is CN(C)S(=O)(=O)c1ccc(B2OC(C)(C)C(C)(C)O2)cc1.CN(C)S(=O)(=O)c1ccc(Br)cc1. The van der Waals surface area contributed by atoms with E-state index in [1.54, 1.807) is 48.5 Å². The Bertz CT molecular complexity index is 1180. The van der Waals surface area contributed by atoms with Gasteiger partial charge in [0.1, 0.15) is 0 Å². The van der Waals surface area contributed by atoms with Crippen molar-refractivity contribution in [3.8, 4) is 0 Å². The van der Waals surface area contributed by atoms with Crippen LogP contribution in [0.3, 0.4) is 0 Å². The summed E-state index contributed by atoms with van der Waals surface area (Å²) in [6.07, 6.45) is 0. The second kappa shape index (κ2) is 10.4. The van der Waals surface area contributed by atoms with Gasteiger partial charge in [0.15, 0.2) is 0 Å². The van der Waals surface area contributed by atoms with Crippen LogP contribution in [0.2, 0.25) is 0 Å². The van der Waals surface area contributed by atoms with Crippen molar-refractivity contribution in [1.29, 1.82) is 0 Å². The smallest absolute Gasteiger partial charge is 0.399 e. The van der Waals surface area contributed by atoms with Crippen LogP contribution in [0.15, 0.2) is 62.8 Å². The van der Waals surface area contributed by atoms with E-state index in [1.165, 1.54) is 36.8 Å². The molecule has 1 aliphatic heterocycles. The first-order valence-corrected chi connectivity index (χ1v) is 14.2. The second-order valence-electron chi connectivity index (χ2n) is 9.19. The fourth-order valence-corrected chi connectivity index (χ4v) is 4.87.